The highest BCUT2D eigenvalue weighted by Gasteiger charge is 2.23. The summed E-state index contributed by atoms with van der Waals surface area (Å²) in [7, 11) is 0. The van der Waals surface area contributed by atoms with Gasteiger partial charge in [-0.05, 0) is 36.5 Å². The molecule has 0 saturated carbocycles. The Morgan fingerprint density at radius 2 is 2.38 bits per heavy atom. The normalized spacial score (nSPS) is 18.3. The molecule has 4 heteroatoms. The summed E-state index contributed by atoms with van der Waals surface area (Å²) < 4.78 is 0. The van der Waals surface area contributed by atoms with E-state index in [0.717, 1.165) is 30.4 Å². The second-order valence-electron chi connectivity index (χ2n) is 3.88. The fourth-order valence-electron chi connectivity index (χ4n) is 2.25. The zero-order valence-electron chi connectivity index (χ0n) is 8.73. The van der Waals surface area contributed by atoms with Gasteiger partial charge in [0.15, 0.2) is 0 Å². The lowest BCUT2D eigenvalue weighted by molar-refractivity contribution is 0.188. The minimum atomic E-state index is -1.01. The van der Waals surface area contributed by atoms with Gasteiger partial charge < -0.3 is 10.4 Å². The average molecular weight is 216 g/mol. The molecule has 0 aliphatic heterocycles. The van der Waals surface area contributed by atoms with Crippen LogP contribution in [0.25, 0.3) is 0 Å². The Kier molecular flexibility index (Phi) is 2.78. The van der Waals surface area contributed by atoms with Crippen molar-refractivity contribution in [1.29, 1.82) is 5.26 Å². The third-order valence-electron chi connectivity index (χ3n) is 2.93. The monoisotopic (exact) mass is 216 g/mol. The molecule has 0 heterocycles. The lowest BCUT2D eigenvalue weighted by atomic mass is 9.85. The number of amides is 1. The Bertz CT molecular complexity index is 463. The highest BCUT2D eigenvalue weighted by atomic mass is 16.4. The van der Waals surface area contributed by atoms with E-state index in [4.69, 9.17) is 10.4 Å². The van der Waals surface area contributed by atoms with Crippen LogP contribution in [0.15, 0.2) is 18.2 Å². The number of carbonyl (C=O) groups is 1. The highest BCUT2D eigenvalue weighted by Crippen LogP contribution is 2.31. The molecule has 2 rings (SSSR count). The standard InChI is InChI=1S/C12H12N2O2/c13-7-8-3-1-5-10-9(8)4-2-6-11(10)14-12(15)16/h1,3,5,11,14H,2,4,6H2,(H,15,16). The van der Waals surface area contributed by atoms with E-state index >= 15 is 0 Å². The Morgan fingerprint density at radius 3 is 3.06 bits per heavy atom. The van der Waals surface area contributed by atoms with Crippen LogP contribution in [0.5, 0.6) is 0 Å². The molecule has 1 aromatic rings. The van der Waals surface area contributed by atoms with Gasteiger partial charge in [-0.3, -0.25) is 0 Å². The highest BCUT2D eigenvalue weighted by molar-refractivity contribution is 5.65. The quantitative estimate of drug-likeness (QED) is 0.755. The molecule has 0 aromatic heterocycles. The lowest BCUT2D eigenvalue weighted by Crippen LogP contribution is -2.29. The number of nitrogens with zero attached hydrogens (tertiary/aromatic N) is 1. The third-order valence-corrected chi connectivity index (χ3v) is 2.93. The molecule has 0 saturated heterocycles. The fraction of sp³-hybridized carbons (Fsp3) is 0.333. The predicted molar refractivity (Wildman–Crippen MR) is 58.0 cm³/mol. The zero-order chi connectivity index (χ0) is 11.5. The Hall–Kier alpha value is -2.02. The van der Waals surface area contributed by atoms with Gasteiger partial charge in [0.1, 0.15) is 0 Å². The van der Waals surface area contributed by atoms with E-state index in [0.29, 0.717) is 5.56 Å². The lowest BCUT2D eigenvalue weighted by Gasteiger charge is -2.25. The second-order valence-corrected chi connectivity index (χ2v) is 3.88. The summed E-state index contributed by atoms with van der Waals surface area (Å²) in [5, 5.41) is 20.2. The van der Waals surface area contributed by atoms with Crippen LogP contribution in [-0.2, 0) is 6.42 Å². The first-order valence-electron chi connectivity index (χ1n) is 5.23. The Balaban J connectivity index is 2.40. The van der Waals surface area contributed by atoms with E-state index in [1.807, 2.05) is 6.07 Å². The average Bonchev–Trinajstić information content (AvgIpc) is 2.28. The minimum Gasteiger partial charge on any atom is -0.465 e. The number of benzene rings is 1. The SMILES string of the molecule is N#Cc1cccc2c1CCCC2NC(=O)O. The molecular weight excluding hydrogens is 204 g/mol. The Morgan fingerprint density at radius 1 is 1.56 bits per heavy atom. The van der Waals surface area contributed by atoms with Gasteiger partial charge in [-0.2, -0.15) is 5.26 Å². The van der Waals surface area contributed by atoms with Gasteiger partial charge in [-0.15, -0.1) is 0 Å². The molecule has 1 unspecified atom stereocenters. The molecule has 1 aliphatic rings. The van der Waals surface area contributed by atoms with Gasteiger partial charge in [0, 0.05) is 0 Å². The molecule has 1 aromatic carbocycles. The van der Waals surface area contributed by atoms with Crippen LogP contribution in [0.2, 0.25) is 0 Å². The van der Waals surface area contributed by atoms with Crippen molar-refractivity contribution in [1.82, 2.24) is 5.32 Å². The number of hydrogen-bond donors (Lipinski definition) is 2. The zero-order valence-corrected chi connectivity index (χ0v) is 8.73. The van der Waals surface area contributed by atoms with E-state index in [1.165, 1.54) is 0 Å². The van der Waals surface area contributed by atoms with E-state index in [2.05, 4.69) is 11.4 Å². The van der Waals surface area contributed by atoms with Gasteiger partial charge in [0.2, 0.25) is 0 Å². The molecule has 1 aliphatic carbocycles. The van der Waals surface area contributed by atoms with Crippen LogP contribution in [0.1, 0.15) is 35.6 Å². The van der Waals surface area contributed by atoms with Crippen LogP contribution in [-0.4, -0.2) is 11.2 Å². The van der Waals surface area contributed by atoms with Crippen molar-refractivity contribution < 1.29 is 9.90 Å². The van der Waals surface area contributed by atoms with Crippen molar-refractivity contribution in [2.24, 2.45) is 0 Å². The van der Waals surface area contributed by atoms with E-state index in [1.54, 1.807) is 12.1 Å². The molecule has 0 fully saturated rings. The molecule has 82 valence electrons. The first kappa shape index (κ1) is 10.5. The first-order chi connectivity index (χ1) is 7.72. The van der Waals surface area contributed by atoms with Crippen LogP contribution >= 0.6 is 0 Å². The summed E-state index contributed by atoms with van der Waals surface area (Å²) in [6, 6.07) is 7.47. The van der Waals surface area contributed by atoms with Crippen molar-refractivity contribution in [3.8, 4) is 6.07 Å². The molecule has 2 N–H and O–H groups in total. The van der Waals surface area contributed by atoms with Gasteiger partial charge >= 0.3 is 6.09 Å². The van der Waals surface area contributed by atoms with Gasteiger partial charge in [-0.1, -0.05) is 12.1 Å². The van der Waals surface area contributed by atoms with Crippen LogP contribution < -0.4 is 5.32 Å². The Labute approximate surface area is 93.5 Å². The summed E-state index contributed by atoms with van der Waals surface area (Å²) in [6.07, 6.45) is 1.56. The van der Waals surface area contributed by atoms with Crippen LogP contribution in [0, 0.1) is 11.3 Å². The molecule has 0 radical (unpaired) electrons. The number of nitriles is 1. The summed E-state index contributed by atoms with van der Waals surface area (Å²) in [5.41, 5.74) is 2.61. The van der Waals surface area contributed by atoms with Crippen molar-refractivity contribution in [2.75, 3.05) is 0 Å². The van der Waals surface area contributed by atoms with Crippen molar-refractivity contribution in [2.45, 2.75) is 25.3 Å². The summed E-state index contributed by atoms with van der Waals surface area (Å²) in [5.74, 6) is 0. The first-order valence-corrected chi connectivity index (χ1v) is 5.23. The molecule has 0 spiro atoms. The molecule has 0 bridgehead atoms. The molecule has 1 amide bonds. The van der Waals surface area contributed by atoms with E-state index in [-0.39, 0.29) is 6.04 Å². The predicted octanol–water partition coefficient (Wildman–Crippen LogP) is 2.20. The molecule has 1 atom stereocenters. The molecule has 16 heavy (non-hydrogen) atoms. The van der Waals surface area contributed by atoms with Crippen molar-refractivity contribution >= 4 is 6.09 Å². The van der Waals surface area contributed by atoms with Gasteiger partial charge in [-0.25, -0.2) is 4.79 Å². The van der Waals surface area contributed by atoms with E-state index < -0.39 is 6.09 Å². The summed E-state index contributed by atoms with van der Waals surface area (Å²) >= 11 is 0. The second kappa shape index (κ2) is 4.23. The van der Waals surface area contributed by atoms with Crippen LogP contribution in [0.3, 0.4) is 0 Å². The van der Waals surface area contributed by atoms with Crippen molar-refractivity contribution in [3.05, 3.63) is 34.9 Å². The van der Waals surface area contributed by atoms with Crippen molar-refractivity contribution in [3.63, 3.8) is 0 Å². The molecule has 4 nitrogen and oxygen atoms in total. The minimum absolute atomic E-state index is 0.172. The fourth-order valence-corrected chi connectivity index (χ4v) is 2.25. The summed E-state index contributed by atoms with van der Waals surface area (Å²) in [6.45, 7) is 0. The molecular formula is C12H12N2O2. The van der Waals surface area contributed by atoms with Crippen LogP contribution in [0.4, 0.5) is 4.79 Å². The number of nitrogens with one attached hydrogen (secondary N) is 1. The van der Waals surface area contributed by atoms with Gasteiger partial charge in [0.05, 0.1) is 17.7 Å². The number of fused-ring (bicyclic) bond motifs is 1. The van der Waals surface area contributed by atoms with E-state index in [9.17, 15) is 4.79 Å². The third kappa shape index (κ3) is 1.84. The topological polar surface area (TPSA) is 73.1 Å². The number of hydrogen-bond acceptors (Lipinski definition) is 2. The number of carboxylic acid groups (broad SMARTS) is 1. The number of rotatable bonds is 1. The maximum atomic E-state index is 10.7. The maximum absolute atomic E-state index is 10.7. The van der Waals surface area contributed by atoms with Gasteiger partial charge in [0.25, 0.3) is 0 Å². The largest absolute Gasteiger partial charge is 0.465 e. The summed E-state index contributed by atoms with van der Waals surface area (Å²) in [4.78, 5) is 10.7. The maximum Gasteiger partial charge on any atom is 0.405 e. The smallest absolute Gasteiger partial charge is 0.405 e.